The van der Waals surface area contributed by atoms with E-state index < -0.39 is 12.0 Å². The Morgan fingerprint density at radius 1 is 1.80 bits per heavy atom. The summed E-state index contributed by atoms with van der Waals surface area (Å²) in [6, 6.07) is 0. The molecule has 0 saturated heterocycles. The van der Waals surface area contributed by atoms with Crippen LogP contribution in [0.5, 0.6) is 0 Å². The summed E-state index contributed by atoms with van der Waals surface area (Å²) >= 11 is 1.62. The van der Waals surface area contributed by atoms with Gasteiger partial charge in [0, 0.05) is 24.2 Å². The first-order valence-corrected chi connectivity index (χ1v) is 5.56. The number of hydrogen-bond donors (Lipinski definition) is 3. The molecule has 0 aliphatic carbocycles. The van der Waals surface area contributed by atoms with Gasteiger partial charge in [-0.2, -0.15) is 0 Å². The Labute approximate surface area is 92.3 Å². The molecule has 0 radical (unpaired) electrons. The van der Waals surface area contributed by atoms with E-state index in [4.69, 9.17) is 10.8 Å². The number of carbonyl (C=O) groups is 1. The van der Waals surface area contributed by atoms with E-state index >= 15 is 0 Å². The summed E-state index contributed by atoms with van der Waals surface area (Å²) in [6.45, 7) is 2.82. The predicted octanol–water partition coefficient (Wildman–Crippen LogP) is -0.359. The van der Waals surface area contributed by atoms with E-state index in [1.54, 1.807) is 17.5 Å². The third-order valence-corrected chi connectivity index (χ3v) is 3.01. The third-order valence-electron chi connectivity index (χ3n) is 1.87. The molecule has 1 amide bonds. The number of aliphatic hydroxyl groups excluding tert-OH is 1. The first-order chi connectivity index (χ1) is 7.13. The quantitative estimate of drug-likeness (QED) is 0.621. The van der Waals surface area contributed by atoms with Gasteiger partial charge in [0.05, 0.1) is 5.01 Å². The summed E-state index contributed by atoms with van der Waals surface area (Å²) in [5.74, 6) is -0.707. The van der Waals surface area contributed by atoms with Crippen molar-refractivity contribution >= 4 is 17.2 Å². The molecule has 15 heavy (non-hydrogen) atoms. The molecule has 5 nitrogen and oxygen atoms in total. The second-order valence-electron chi connectivity index (χ2n) is 3.12. The molecule has 1 rings (SSSR count). The van der Waals surface area contributed by atoms with Crippen molar-refractivity contribution in [2.45, 2.75) is 26.0 Å². The van der Waals surface area contributed by atoms with Crippen LogP contribution in [0.4, 0.5) is 0 Å². The van der Waals surface area contributed by atoms with Gasteiger partial charge >= 0.3 is 0 Å². The number of amides is 1. The van der Waals surface area contributed by atoms with Crippen molar-refractivity contribution in [2.24, 2.45) is 5.73 Å². The molecule has 0 spiro atoms. The van der Waals surface area contributed by atoms with E-state index in [-0.39, 0.29) is 6.54 Å². The lowest BCUT2D eigenvalue weighted by Crippen LogP contribution is -2.37. The van der Waals surface area contributed by atoms with Gasteiger partial charge in [-0.05, 0) is 6.42 Å². The monoisotopic (exact) mass is 229 g/mol. The Balaban J connectivity index is 2.28. The van der Waals surface area contributed by atoms with Crippen LogP contribution in [-0.2, 0) is 17.8 Å². The zero-order chi connectivity index (χ0) is 11.3. The van der Waals surface area contributed by atoms with Crippen LogP contribution in [0, 0.1) is 0 Å². The molecule has 0 aromatic carbocycles. The van der Waals surface area contributed by atoms with Gasteiger partial charge in [0.25, 0.3) is 0 Å². The van der Waals surface area contributed by atoms with Crippen molar-refractivity contribution in [1.82, 2.24) is 10.3 Å². The number of nitrogens with zero attached hydrogens (tertiary/aromatic N) is 1. The van der Waals surface area contributed by atoms with Gasteiger partial charge in [-0.15, -0.1) is 11.3 Å². The van der Waals surface area contributed by atoms with E-state index in [0.717, 1.165) is 16.3 Å². The minimum Gasteiger partial charge on any atom is -0.382 e. The van der Waals surface area contributed by atoms with Crippen molar-refractivity contribution in [1.29, 1.82) is 0 Å². The third kappa shape index (κ3) is 3.94. The standard InChI is InChI=1S/C9H15N3O2S/c1-2-8-12-4-6(15-8)3-11-5-7(13)9(10)14/h4,7,11,13H,2-3,5H2,1H3,(H2,10,14). The molecule has 0 aliphatic rings. The Hall–Kier alpha value is -0.980. The average molecular weight is 229 g/mol. The Kier molecular flexibility index (Phi) is 4.67. The molecule has 84 valence electrons. The van der Waals surface area contributed by atoms with Crippen LogP contribution in [0.3, 0.4) is 0 Å². The number of aromatic nitrogens is 1. The van der Waals surface area contributed by atoms with E-state index in [1.165, 1.54) is 0 Å². The fraction of sp³-hybridized carbons (Fsp3) is 0.556. The van der Waals surface area contributed by atoms with Crippen LogP contribution in [0.15, 0.2) is 6.20 Å². The maximum atomic E-state index is 10.5. The fourth-order valence-corrected chi connectivity index (χ4v) is 1.86. The lowest BCUT2D eigenvalue weighted by Gasteiger charge is -2.06. The lowest BCUT2D eigenvalue weighted by atomic mass is 10.3. The highest BCUT2D eigenvalue weighted by Crippen LogP contribution is 2.12. The molecular formula is C9H15N3O2S. The molecule has 1 aromatic rings. The van der Waals surface area contributed by atoms with Crippen molar-refractivity contribution in [3.63, 3.8) is 0 Å². The molecule has 0 bridgehead atoms. The second-order valence-corrected chi connectivity index (χ2v) is 4.32. The number of thiazole rings is 1. The Bertz CT molecular complexity index is 327. The van der Waals surface area contributed by atoms with Gasteiger partial charge in [-0.1, -0.05) is 6.92 Å². The zero-order valence-electron chi connectivity index (χ0n) is 8.56. The highest BCUT2D eigenvalue weighted by Gasteiger charge is 2.09. The number of aryl methyl sites for hydroxylation is 1. The molecule has 1 aromatic heterocycles. The lowest BCUT2D eigenvalue weighted by molar-refractivity contribution is -0.125. The van der Waals surface area contributed by atoms with E-state index in [2.05, 4.69) is 10.3 Å². The summed E-state index contributed by atoms with van der Waals surface area (Å²) < 4.78 is 0. The van der Waals surface area contributed by atoms with Gasteiger partial charge < -0.3 is 16.2 Å². The van der Waals surface area contributed by atoms with Crippen LogP contribution >= 0.6 is 11.3 Å². The van der Waals surface area contributed by atoms with Crippen LogP contribution in [0.2, 0.25) is 0 Å². The number of hydrogen-bond acceptors (Lipinski definition) is 5. The molecule has 0 aliphatic heterocycles. The molecule has 4 N–H and O–H groups in total. The van der Waals surface area contributed by atoms with E-state index in [0.29, 0.717) is 6.54 Å². The first kappa shape index (κ1) is 12.1. The molecule has 1 atom stereocenters. The number of primary amides is 1. The minimum atomic E-state index is -1.12. The van der Waals surface area contributed by atoms with Gasteiger partial charge in [-0.25, -0.2) is 4.98 Å². The van der Waals surface area contributed by atoms with Crippen molar-refractivity contribution in [2.75, 3.05) is 6.54 Å². The number of nitrogens with one attached hydrogen (secondary N) is 1. The molecule has 0 saturated carbocycles. The summed E-state index contributed by atoms with van der Waals surface area (Å²) in [4.78, 5) is 15.8. The van der Waals surface area contributed by atoms with Crippen LogP contribution in [-0.4, -0.2) is 28.6 Å². The second kappa shape index (κ2) is 5.79. The predicted molar refractivity (Wildman–Crippen MR) is 58.4 cm³/mol. The number of nitrogens with two attached hydrogens (primary N) is 1. The largest absolute Gasteiger partial charge is 0.382 e. The average Bonchev–Trinajstić information content (AvgIpc) is 2.65. The topological polar surface area (TPSA) is 88.2 Å². The number of carbonyl (C=O) groups excluding carboxylic acids is 1. The van der Waals surface area contributed by atoms with Crippen LogP contribution in [0.25, 0.3) is 0 Å². The fourth-order valence-electron chi connectivity index (χ4n) is 1.03. The van der Waals surface area contributed by atoms with Crippen molar-refractivity contribution < 1.29 is 9.90 Å². The van der Waals surface area contributed by atoms with E-state index in [9.17, 15) is 4.79 Å². The highest BCUT2D eigenvalue weighted by molar-refractivity contribution is 7.11. The summed E-state index contributed by atoms with van der Waals surface area (Å²) in [5.41, 5.74) is 4.90. The molecule has 1 unspecified atom stereocenters. The normalized spacial score (nSPS) is 12.7. The summed E-state index contributed by atoms with van der Waals surface area (Å²) in [5, 5.41) is 13.1. The first-order valence-electron chi connectivity index (χ1n) is 4.75. The van der Waals surface area contributed by atoms with Crippen LogP contribution in [0.1, 0.15) is 16.8 Å². The van der Waals surface area contributed by atoms with Crippen LogP contribution < -0.4 is 11.1 Å². The maximum absolute atomic E-state index is 10.5. The Morgan fingerprint density at radius 3 is 3.07 bits per heavy atom. The van der Waals surface area contributed by atoms with Gasteiger partial charge in [0.1, 0.15) is 6.10 Å². The van der Waals surface area contributed by atoms with E-state index in [1.807, 2.05) is 6.92 Å². The van der Waals surface area contributed by atoms with Gasteiger partial charge in [0.15, 0.2) is 0 Å². The Morgan fingerprint density at radius 2 is 2.53 bits per heavy atom. The smallest absolute Gasteiger partial charge is 0.247 e. The molecule has 1 heterocycles. The molecular weight excluding hydrogens is 214 g/mol. The zero-order valence-corrected chi connectivity index (χ0v) is 9.38. The maximum Gasteiger partial charge on any atom is 0.247 e. The van der Waals surface area contributed by atoms with Crippen molar-refractivity contribution in [3.8, 4) is 0 Å². The molecule has 0 fully saturated rings. The summed E-state index contributed by atoms with van der Waals surface area (Å²) in [6.07, 6.45) is 1.60. The number of rotatable bonds is 6. The SMILES string of the molecule is CCc1ncc(CNCC(O)C(N)=O)s1. The minimum absolute atomic E-state index is 0.175. The summed E-state index contributed by atoms with van der Waals surface area (Å²) in [7, 11) is 0. The molecule has 6 heteroatoms. The van der Waals surface area contributed by atoms with Crippen molar-refractivity contribution in [3.05, 3.63) is 16.1 Å². The number of aliphatic hydroxyl groups is 1. The van der Waals surface area contributed by atoms with Gasteiger partial charge in [0.2, 0.25) is 5.91 Å². The highest BCUT2D eigenvalue weighted by atomic mass is 32.1. The van der Waals surface area contributed by atoms with Gasteiger partial charge in [-0.3, -0.25) is 4.79 Å².